The van der Waals surface area contributed by atoms with Gasteiger partial charge in [-0.3, -0.25) is 0 Å². The van der Waals surface area contributed by atoms with Gasteiger partial charge >= 0.3 is 0 Å². The van der Waals surface area contributed by atoms with Gasteiger partial charge in [0, 0.05) is 0 Å². The lowest BCUT2D eigenvalue weighted by atomic mass is 9.88. The summed E-state index contributed by atoms with van der Waals surface area (Å²) in [7, 11) is 0. The van der Waals surface area contributed by atoms with E-state index in [1.807, 2.05) is 0 Å². The van der Waals surface area contributed by atoms with Crippen LogP contribution >= 0.6 is 0 Å². The molecule has 0 N–H and O–H groups in total. The third-order valence-electron chi connectivity index (χ3n) is 1.71. The lowest BCUT2D eigenvalue weighted by Crippen LogP contribution is -2.10. The molecule has 8 heavy (non-hydrogen) atoms. The Hall–Kier alpha value is 0. The minimum Gasteiger partial charge on any atom is -0.0625 e. The third-order valence-corrected chi connectivity index (χ3v) is 1.71. The van der Waals surface area contributed by atoms with E-state index in [4.69, 9.17) is 0 Å². The normalized spacial score (nSPS) is 12.0. The molecule has 0 bridgehead atoms. The van der Waals surface area contributed by atoms with Crippen LogP contribution in [0.3, 0.4) is 0 Å². The van der Waals surface area contributed by atoms with E-state index in [9.17, 15) is 0 Å². The van der Waals surface area contributed by atoms with Crippen molar-refractivity contribution in [3.05, 3.63) is 6.92 Å². The molecule has 0 amide bonds. The van der Waals surface area contributed by atoms with Gasteiger partial charge in [-0.15, -0.1) is 0 Å². The molecule has 0 nitrogen and oxygen atoms in total. The van der Waals surface area contributed by atoms with Gasteiger partial charge in [0.25, 0.3) is 0 Å². The van der Waals surface area contributed by atoms with Gasteiger partial charge in [-0.05, 0) is 24.7 Å². The van der Waals surface area contributed by atoms with Gasteiger partial charge in [-0.2, -0.15) is 0 Å². The first-order chi connectivity index (χ1) is 3.55. The van der Waals surface area contributed by atoms with E-state index in [1.54, 1.807) is 0 Å². The van der Waals surface area contributed by atoms with Crippen LogP contribution in [-0.2, 0) is 0 Å². The molecule has 0 unspecified atom stereocenters. The van der Waals surface area contributed by atoms with E-state index in [-0.39, 0.29) is 0 Å². The summed E-state index contributed by atoms with van der Waals surface area (Å²) in [5, 5.41) is 0. The minimum absolute atomic E-state index is 0.620. The van der Waals surface area contributed by atoms with Crippen LogP contribution in [0.15, 0.2) is 0 Å². The summed E-state index contributed by atoms with van der Waals surface area (Å²) >= 11 is 0. The second kappa shape index (κ2) is 3.11. The van der Waals surface area contributed by atoms with Crippen molar-refractivity contribution in [3.63, 3.8) is 0 Å². The predicted molar refractivity (Wildman–Crippen MR) is 38.5 cm³/mol. The topological polar surface area (TPSA) is 0 Å². The Bertz CT molecular complexity index is 45.1. The number of hydrogen-bond donors (Lipinski definition) is 0. The van der Waals surface area contributed by atoms with Crippen LogP contribution < -0.4 is 0 Å². The lowest BCUT2D eigenvalue weighted by Gasteiger charge is -2.18. The molecule has 49 valence electrons. The molecule has 1 radical (unpaired) electrons. The molecular formula is C8H17. The zero-order valence-corrected chi connectivity index (χ0v) is 6.44. The Morgan fingerprint density at radius 3 is 1.12 bits per heavy atom. The van der Waals surface area contributed by atoms with Crippen LogP contribution in [0.1, 0.15) is 27.7 Å². The fraction of sp³-hybridized carbons (Fsp3) is 0.875. The molecule has 0 aromatic heterocycles. The predicted octanol–water partition coefficient (Wildman–Crippen LogP) is 2.75. The maximum Gasteiger partial charge on any atom is -0.0368 e. The molecule has 0 saturated carbocycles. The molecule has 0 aromatic carbocycles. The van der Waals surface area contributed by atoms with Crippen LogP contribution in [0.25, 0.3) is 0 Å². The van der Waals surface area contributed by atoms with Gasteiger partial charge in [0.2, 0.25) is 0 Å². The van der Waals surface area contributed by atoms with Crippen molar-refractivity contribution in [1.29, 1.82) is 0 Å². The summed E-state index contributed by atoms with van der Waals surface area (Å²) in [5.41, 5.74) is 0. The molecule has 0 spiro atoms. The quantitative estimate of drug-likeness (QED) is 0.516. The smallest absolute Gasteiger partial charge is 0.0368 e. The fourth-order valence-corrected chi connectivity index (χ4v) is 0.770. The summed E-state index contributed by atoms with van der Waals surface area (Å²) in [5.74, 6) is 2.08. The minimum atomic E-state index is 0.620. The highest BCUT2D eigenvalue weighted by Gasteiger charge is 2.09. The Balaban J connectivity index is 3.46. The van der Waals surface area contributed by atoms with E-state index in [1.165, 1.54) is 0 Å². The monoisotopic (exact) mass is 113 g/mol. The Morgan fingerprint density at radius 1 is 0.875 bits per heavy atom. The SMILES string of the molecule is [CH2]C(C(C)C)C(C)C. The summed E-state index contributed by atoms with van der Waals surface area (Å²) < 4.78 is 0. The van der Waals surface area contributed by atoms with E-state index in [0.29, 0.717) is 5.92 Å². The van der Waals surface area contributed by atoms with Crippen molar-refractivity contribution < 1.29 is 0 Å². The second-order valence-electron chi connectivity index (χ2n) is 3.15. The van der Waals surface area contributed by atoms with E-state index < -0.39 is 0 Å². The van der Waals surface area contributed by atoms with E-state index >= 15 is 0 Å². The molecule has 0 fully saturated rings. The fourth-order valence-electron chi connectivity index (χ4n) is 0.770. The third kappa shape index (κ3) is 2.34. The molecule has 0 aromatic rings. The van der Waals surface area contributed by atoms with Crippen LogP contribution in [0.2, 0.25) is 0 Å². The zero-order valence-electron chi connectivity index (χ0n) is 6.44. The first-order valence-electron chi connectivity index (χ1n) is 3.38. The summed E-state index contributed by atoms with van der Waals surface area (Å²) in [6.45, 7) is 12.9. The first kappa shape index (κ1) is 8.00. The molecule has 0 aliphatic carbocycles. The van der Waals surface area contributed by atoms with Crippen LogP contribution in [0, 0.1) is 24.7 Å². The Kier molecular flexibility index (Phi) is 3.11. The first-order valence-corrected chi connectivity index (χ1v) is 3.38. The molecular weight excluding hydrogens is 96.1 g/mol. The molecule has 0 heterocycles. The highest BCUT2D eigenvalue weighted by Crippen LogP contribution is 2.17. The van der Waals surface area contributed by atoms with Gasteiger partial charge in [-0.25, -0.2) is 0 Å². The number of rotatable bonds is 2. The Morgan fingerprint density at radius 2 is 1.12 bits per heavy atom. The summed E-state index contributed by atoms with van der Waals surface area (Å²) in [6.07, 6.45) is 0. The van der Waals surface area contributed by atoms with Gasteiger partial charge < -0.3 is 0 Å². The standard InChI is InChI=1S/C8H17/c1-6(2)8(5)7(3)4/h6-8H,5H2,1-4H3. The van der Waals surface area contributed by atoms with E-state index in [0.717, 1.165) is 11.8 Å². The molecule has 0 rings (SSSR count). The van der Waals surface area contributed by atoms with Crippen molar-refractivity contribution in [2.45, 2.75) is 27.7 Å². The maximum absolute atomic E-state index is 4.04. The molecule has 0 saturated heterocycles. The van der Waals surface area contributed by atoms with Gasteiger partial charge in [-0.1, -0.05) is 27.7 Å². The van der Waals surface area contributed by atoms with Crippen molar-refractivity contribution >= 4 is 0 Å². The van der Waals surface area contributed by atoms with Crippen molar-refractivity contribution in [1.82, 2.24) is 0 Å². The van der Waals surface area contributed by atoms with Crippen LogP contribution in [0.4, 0.5) is 0 Å². The summed E-state index contributed by atoms with van der Waals surface area (Å²) in [4.78, 5) is 0. The summed E-state index contributed by atoms with van der Waals surface area (Å²) in [6, 6.07) is 0. The van der Waals surface area contributed by atoms with E-state index in [2.05, 4.69) is 34.6 Å². The maximum atomic E-state index is 4.04. The largest absolute Gasteiger partial charge is 0.0625 e. The average Bonchev–Trinajstić information content (AvgIpc) is 1.64. The highest BCUT2D eigenvalue weighted by atomic mass is 14.2. The molecule has 0 aliphatic heterocycles. The van der Waals surface area contributed by atoms with Crippen LogP contribution in [-0.4, -0.2) is 0 Å². The van der Waals surface area contributed by atoms with Gasteiger partial charge in [0.05, 0.1) is 0 Å². The zero-order chi connectivity index (χ0) is 6.73. The second-order valence-corrected chi connectivity index (χ2v) is 3.15. The van der Waals surface area contributed by atoms with Crippen molar-refractivity contribution in [3.8, 4) is 0 Å². The Labute approximate surface area is 53.3 Å². The average molecular weight is 113 g/mol. The molecule has 0 heteroatoms. The highest BCUT2D eigenvalue weighted by molar-refractivity contribution is 4.67. The lowest BCUT2D eigenvalue weighted by molar-refractivity contribution is 0.353. The molecule has 0 aliphatic rings. The molecule has 0 atom stereocenters. The van der Waals surface area contributed by atoms with Crippen LogP contribution in [0.5, 0.6) is 0 Å². The van der Waals surface area contributed by atoms with Crippen molar-refractivity contribution in [2.75, 3.05) is 0 Å². The number of hydrogen-bond acceptors (Lipinski definition) is 0. The van der Waals surface area contributed by atoms with Crippen molar-refractivity contribution in [2.24, 2.45) is 17.8 Å². The van der Waals surface area contributed by atoms with Gasteiger partial charge in [0.1, 0.15) is 0 Å². The van der Waals surface area contributed by atoms with Gasteiger partial charge in [0.15, 0.2) is 0 Å².